The highest BCUT2D eigenvalue weighted by Gasteiger charge is 2.26. The van der Waals surface area contributed by atoms with Crippen LogP contribution >= 0.6 is 11.3 Å². The number of rotatable bonds is 3. The van der Waals surface area contributed by atoms with Crippen molar-refractivity contribution >= 4 is 28.1 Å². The van der Waals surface area contributed by atoms with Gasteiger partial charge in [-0.25, -0.2) is 4.98 Å². The number of nitrogens with two attached hydrogens (primary N) is 1. The lowest BCUT2D eigenvalue weighted by Gasteiger charge is -2.06. The molecular weight excluding hydrogens is 258 g/mol. The van der Waals surface area contributed by atoms with Crippen LogP contribution in [0.3, 0.4) is 0 Å². The molecule has 4 nitrogen and oxygen atoms in total. The van der Waals surface area contributed by atoms with Gasteiger partial charge in [-0.1, -0.05) is 6.07 Å². The largest absolute Gasteiger partial charge is 0.399 e. The summed E-state index contributed by atoms with van der Waals surface area (Å²) in [5.41, 5.74) is 8.92. The van der Waals surface area contributed by atoms with Gasteiger partial charge in [-0.05, 0) is 37.5 Å². The molecule has 3 rings (SSSR count). The van der Waals surface area contributed by atoms with Gasteiger partial charge in [0.05, 0.1) is 5.69 Å². The van der Waals surface area contributed by atoms with Crippen molar-refractivity contribution in [3.05, 3.63) is 40.4 Å². The highest BCUT2D eigenvalue weighted by molar-refractivity contribution is 7.14. The third-order valence-corrected chi connectivity index (χ3v) is 4.02. The first-order chi connectivity index (χ1) is 9.13. The van der Waals surface area contributed by atoms with E-state index in [1.807, 2.05) is 18.4 Å². The second-order valence-electron chi connectivity index (χ2n) is 4.88. The molecule has 1 aromatic carbocycles. The fraction of sp³-hybridized carbons (Fsp3) is 0.286. The number of anilines is 2. The molecular formula is C14H15N3OS. The zero-order chi connectivity index (χ0) is 13.4. The number of hydrogen-bond acceptors (Lipinski definition) is 4. The first-order valence-corrected chi connectivity index (χ1v) is 7.14. The maximum Gasteiger partial charge on any atom is 0.257 e. The van der Waals surface area contributed by atoms with Gasteiger partial charge in [-0.15, -0.1) is 11.3 Å². The monoisotopic (exact) mass is 273 g/mol. The molecule has 5 heteroatoms. The van der Waals surface area contributed by atoms with Gasteiger partial charge < -0.3 is 5.73 Å². The zero-order valence-corrected chi connectivity index (χ0v) is 11.5. The summed E-state index contributed by atoms with van der Waals surface area (Å²) in [6.45, 7) is 1.89. The summed E-state index contributed by atoms with van der Waals surface area (Å²) >= 11 is 1.48. The molecule has 0 atom stereocenters. The molecule has 0 spiro atoms. The van der Waals surface area contributed by atoms with Crippen LogP contribution in [0.25, 0.3) is 0 Å². The number of nitrogens with zero attached hydrogens (tertiary/aromatic N) is 1. The molecule has 0 bridgehead atoms. The highest BCUT2D eigenvalue weighted by Crippen LogP contribution is 2.40. The van der Waals surface area contributed by atoms with E-state index in [1.165, 1.54) is 24.2 Å². The van der Waals surface area contributed by atoms with Crippen LogP contribution in [0.2, 0.25) is 0 Å². The Morgan fingerprint density at radius 2 is 2.26 bits per heavy atom. The Bertz CT molecular complexity index is 631. The van der Waals surface area contributed by atoms with E-state index < -0.39 is 0 Å². The highest BCUT2D eigenvalue weighted by atomic mass is 32.1. The smallest absolute Gasteiger partial charge is 0.257 e. The number of benzene rings is 1. The molecule has 1 heterocycles. The van der Waals surface area contributed by atoms with Crippen LogP contribution in [0.1, 0.15) is 40.4 Å². The van der Waals surface area contributed by atoms with E-state index in [2.05, 4.69) is 10.3 Å². The molecule has 1 aromatic heterocycles. The van der Waals surface area contributed by atoms with Crippen LogP contribution in [0.5, 0.6) is 0 Å². The van der Waals surface area contributed by atoms with Crippen molar-refractivity contribution in [1.29, 1.82) is 0 Å². The molecule has 19 heavy (non-hydrogen) atoms. The van der Waals surface area contributed by atoms with Crippen molar-refractivity contribution in [2.45, 2.75) is 25.7 Å². The summed E-state index contributed by atoms with van der Waals surface area (Å²) in [6.07, 6.45) is 2.43. The molecule has 0 saturated heterocycles. The maximum absolute atomic E-state index is 12.2. The van der Waals surface area contributed by atoms with Crippen molar-refractivity contribution in [1.82, 2.24) is 4.98 Å². The second-order valence-corrected chi connectivity index (χ2v) is 5.74. The lowest BCUT2D eigenvalue weighted by atomic mass is 10.1. The van der Waals surface area contributed by atoms with E-state index in [4.69, 9.17) is 5.73 Å². The van der Waals surface area contributed by atoms with Gasteiger partial charge in [-0.2, -0.15) is 0 Å². The minimum absolute atomic E-state index is 0.151. The minimum Gasteiger partial charge on any atom is -0.399 e. The molecule has 98 valence electrons. The van der Waals surface area contributed by atoms with Gasteiger partial charge in [0.1, 0.15) is 0 Å². The van der Waals surface area contributed by atoms with Gasteiger partial charge >= 0.3 is 0 Å². The summed E-state index contributed by atoms with van der Waals surface area (Å²) in [4.78, 5) is 16.6. The van der Waals surface area contributed by atoms with Crippen LogP contribution in [-0.4, -0.2) is 10.9 Å². The van der Waals surface area contributed by atoms with Crippen molar-refractivity contribution < 1.29 is 4.79 Å². The number of amides is 1. The first-order valence-electron chi connectivity index (χ1n) is 6.26. The SMILES string of the molecule is Cc1ccc(N)cc1C(=O)Nc1nc(C2CC2)cs1. The Balaban J connectivity index is 1.77. The van der Waals surface area contributed by atoms with Crippen molar-refractivity contribution in [2.24, 2.45) is 0 Å². The summed E-state index contributed by atoms with van der Waals surface area (Å²) in [7, 11) is 0. The van der Waals surface area contributed by atoms with E-state index in [9.17, 15) is 4.79 Å². The van der Waals surface area contributed by atoms with Gasteiger partial charge in [0, 0.05) is 22.5 Å². The molecule has 3 N–H and O–H groups in total. The van der Waals surface area contributed by atoms with Gasteiger partial charge in [-0.3, -0.25) is 10.1 Å². The Morgan fingerprint density at radius 3 is 3.00 bits per heavy atom. The molecule has 1 amide bonds. The van der Waals surface area contributed by atoms with Gasteiger partial charge in [0.2, 0.25) is 0 Å². The fourth-order valence-electron chi connectivity index (χ4n) is 1.96. The standard InChI is InChI=1S/C14H15N3OS/c1-8-2-5-10(15)6-11(8)13(18)17-14-16-12(7-19-14)9-3-4-9/h2,5-7,9H,3-4,15H2,1H3,(H,16,17,18). The number of nitrogens with one attached hydrogen (secondary N) is 1. The molecule has 0 unspecified atom stereocenters. The van der Waals surface area contributed by atoms with Crippen LogP contribution in [-0.2, 0) is 0 Å². The molecule has 2 aromatic rings. The normalized spacial score (nSPS) is 14.4. The predicted octanol–water partition coefficient (Wildman–Crippen LogP) is 3.16. The molecule has 0 aliphatic heterocycles. The van der Waals surface area contributed by atoms with Crippen LogP contribution < -0.4 is 11.1 Å². The Labute approximate surface area is 115 Å². The zero-order valence-electron chi connectivity index (χ0n) is 10.6. The third kappa shape index (κ3) is 2.61. The maximum atomic E-state index is 12.2. The molecule has 1 saturated carbocycles. The van der Waals surface area contributed by atoms with Gasteiger partial charge in [0.15, 0.2) is 5.13 Å². The summed E-state index contributed by atoms with van der Waals surface area (Å²) in [6, 6.07) is 5.34. The third-order valence-electron chi connectivity index (χ3n) is 3.24. The fourth-order valence-corrected chi connectivity index (χ4v) is 2.75. The lowest BCUT2D eigenvalue weighted by molar-refractivity contribution is 0.102. The topological polar surface area (TPSA) is 68.0 Å². The van der Waals surface area contributed by atoms with Crippen LogP contribution in [0, 0.1) is 6.92 Å². The molecule has 1 fully saturated rings. The van der Waals surface area contributed by atoms with Crippen molar-refractivity contribution in [2.75, 3.05) is 11.1 Å². The second kappa shape index (κ2) is 4.66. The average molecular weight is 273 g/mol. The predicted molar refractivity (Wildman–Crippen MR) is 77.6 cm³/mol. The number of hydrogen-bond donors (Lipinski definition) is 2. The van der Waals surface area contributed by atoms with E-state index in [0.717, 1.165) is 11.3 Å². The number of aromatic nitrogens is 1. The van der Waals surface area contributed by atoms with Crippen molar-refractivity contribution in [3.63, 3.8) is 0 Å². The Kier molecular flexibility index (Phi) is 2.98. The minimum atomic E-state index is -0.151. The summed E-state index contributed by atoms with van der Waals surface area (Å²) < 4.78 is 0. The first kappa shape index (κ1) is 12.2. The number of carbonyl (C=O) groups excluding carboxylic acids is 1. The molecule has 1 aliphatic rings. The number of aryl methyl sites for hydroxylation is 1. The van der Waals surface area contributed by atoms with E-state index in [0.29, 0.717) is 22.3 Å². The number of thiazole rings is 1. The lowest BCUT2D eigenvalue weighted by Crippen LogP contribution is -2.13. The molecule has 0 radical (unpaired) electrons. The van der Waals surface area contributed by atoms with Crippen LogP contribution in [0.4, 0.5) is 10.8 Å². The molecule has 1 aliphatic carbocycles. The van der Waals surface area contributed by atoms with Crippen molar-refractivity contribution in [3.8, 4) is 0 Å². The summed E-state index contributed by atoms with van der Waals surface area (Å²) in [5.74, 6) is 0.456. The van der Waals surface area contributed by atoms with Gasteiger partial charge in [0.25, 0.3) is 5.91 Å². The number of carbonyl (C=O) groups is 1. The van der Waals surface area contributed by atoms with E-state index in [-0.39, 0.29) is 5.91 Å². The van der Waals surface area contributed by atoms with Crippen LogP contribution in [0.15, 0.2) is 23.6 Å². The number of nitrogen functional groups attached to an aromatic ring is 1. The van der Waals surface area contributed by atoms with E-state index in [1.54, 1.807) is 12.1 Å². The Morgan fingerprint density at radius 1 is 1.47 bits per heavy atom. The average Bonchev–Trinajstić information content (AvgIpc) is 3.13. The van der Waals surface area contributed by atoms with E-state index >= 15 is 0 Å². The quantitative estimate of drug-likeness (QED) is 0.844. The summed E-state index contributed by atoms with van der Waals surface area (Å²) in [5, 5.41) is 5.53. The Hall–Kier alpha value is -1.88.